The molecular formula is C22H26FN3O. The van der Waals surface area contributed by atoms with Gasteiger partial charge >= 0.3 is 0 Å². The van der Waals surface area contributed by atoms with E-state index in [2.05, 4.69) is 9.80 Å². The molecule has 0 N–H and O–H groups in total. The molecule has 0 saturated carbocycles. The molecule has 0 atom stereocenters. The van der Waals surface area contributed by atoms with Crippen molar-refractivity contribution in [3.8, 4) is 0 Å². The molecule has 4 nitrogen and oxygen atoms in total. The van der Waals surface area contributed by atoms with E-state index in [0.29, 0.717) is 19.5 Å². The van der Waals surface area contributed by atoms with Crippen molar-refractivity contribution >= 4 is 23.0 Å². The maximum Gasteiger partial charge on any atom is 0.228 e. The molecule has 2 aliphatic heterocycles. The summed E-state index contributed by atoms with van der Waals surface area (Å²) in [6.45, 7) is 4.28. The normalized spacial score (nSPS) is 17.7. The summed E-state index contributed by atoms with van der Waals surface area (Å²) in [6.07, 6.45) is 4.27. The first kappa shape index (κ1) is 18.0. The van der Waals surface area contributed by atoms with Crippen LogP contribution < -0.4 is 9.80 Å². The number of nitrogens with zero attached hydrogens (tertiary/aromatic N) is 3. The predicted octanol–water partition coefficient (Wildman–Crippen LogP) is 4.19. The van der Waals surface area contributed by atoms with Crippen molar-refractivity contribution in [1.29, 1.82) is 0 Å². The zero-order chi connectivity index (χ0) is 18.6. The number of rotatable bonds is 4. The average Bonchev–Trinajstić information content (AvgIpc) is 2.72. The number of carbonyl (C=O) groups is 1. The number of halogens is 1. The Hall–Kier alpha value is -2.40. The van der Waals surface area contributed by atoms with E-state index in [1.54, 1.807) is 6.07 Å². The highest BCUT2D eigenvalue weighted by molar-refractivity contribution is 5.99. The lowest BCUT2D eigenvalue weighted by atomic mass is 10.1. The molecule has 2 heterocycles. The zero-order valence-electron chi connectivity index (χ0n) is 15.6. The SMILES string of the molecule is O=C(CCN1CCCCC1)N1CCN(c2ccccc2)c2cc(F)ccc21. The topological polar surface area (TPSA) is 26.8 Å². The molecule has 1 fully saturated rings. The number of carbonyl (C=O) groups excluding carboxylic acids is 1. The van der Waals surface area contributed by atoms with Crippen molar-refractivity contribution < 1.29 is 9.18 Å². The summed E-state index contributed by atoms with van der Waals surface area (Å²) < 4.78 is 14.0. The van der Waals surface area contributed by atoms with Gasteiger partial charge in [0.25, 0.3) is 0 Å². The van der Waals surface area contributed by atoms with E-state index in [0.717, 1.165) is 36.7 Å². The van der Waals surface area contributed by atoms with E-state index < -0.39 is 0 Å². The number of benzene rings is 2. The van der Waals surface area contributed by atoms with Crippen LogP contribution in [0.2, 0.25) is 0 Å². The second kappa shape index (κ2) is 8.09. The lowest BCUT2D eigenvalue weighted by molar-refractivity contribution is -0.119. The summed E-state index contributed by atoms with van der Waals surface area (Å²) in [7, 11) is 0. The van der Waals surface area contributed by atoms with Gasteiger partial charge in [-0.1, -0.05) is 24.6 Å². The zero-order valence-corrected chi connectivity index (χ0v) is 15.6. The highest BCUT2D eigenvalue weighted by Gasteiger charge is 2.28. The Bertz CT molecular complexity index is 789. The van der Waals surface area contributed by atoms with E-state index in [9.17, 15) is 9.18 Å². The standard InChI is InChI=1S/C22H26FN3O/c23-18-9-10-20-21(17-18)25(19-7-3-1-4-8-19)15-16-26(20)22(27)11-14-24-12-5-2-6-13-24/h1,3-4,7-10,17H,2,5-6,11-16H2. The Morgan fingerprint density at radius 1 is 0.889 bits per heavy atom. The van der Waals surface area contributed by atoms with Crippen LogP contribution >= 0.6 is 0 Å². The van der Waals surface area contributed by atoms with Crippen molar-refractivity contribution in [2.24, 2.45) is 0 Å². The van der Waals surface area contributed by atoms with Crippen molar-refractivity contribution in [1.82, 2.24) is 4.90 Å². The molecule has 142 valence electrons. The Kier molecular flexibility index (Phi) is 5.39. The van der Waals surface area contributed by atoms with Crippen LogP contribution in [0.3, 0.4) is 0 Å². The molecule has 0 aromatic heterocycles. The third kappa shape index (κ3) is 3.98. The molecular weight excluding hydrogens is 341 g/mol. The van der Waals surface area contributed by atoms with Gasteiger partial charge < -0.3 is 14.7 Å². The molecule has 0 radical (unpaired) electrons. The van der Waals surface area contributed by atoms with Gasteiger partial charge in [0.2, 0.25) is 5.91 Å². The van der Waals surface area contributed by atoms with E-state index in [-0.39, 0.29) is 11.7 Å². The van der Waals surface area contributed by atoms with Gasteiger partial charge in [0.15, 0.2) is 0 Å². The summed E-state index contributed by atoms with van der Waals surface area (Å²) in [5.41, 5.74) is 2.58. The minimum Gasteiger partial charge on any atom is -0.338 e. The maximum atomic E-state index is 14.0. The number of piperidine rings is 1. The highest BCUT2D eigenvalue weighted by atomic mass is 19.1. The van der Waals surface area contributed by atoms with E-state index in [1.807, 2.05) is 35.2 Å². The van der Waals surface area contributed by atoms with Crippen LogP contribution in [0.25, 0.3) is 0 Å². The minimum absolute atomic E-state index is 0.126. The fraction of sp³-hybridized carbons (Fsp3) is 0.409. The second-order valence-electron chi connectivity index (χ2n) is 7.32. The number of hydrogen-bond donors (Lipinski definition) is 0. The average molecular weight is 367 g/mol. The molecule has 2 aromatic rings. The summed E-state index contributed by atoms with van der Waals surface area (Å²) >= 11 is 0. The Morgan fingerprint density at radius 2 is 1.67 bits per heavy atom. The van der Waals surface area contributed by atoms with Crippen molar-refractivity contribution in [2.45, 2.75) is 25.7 Å². The van der Waals surface area contributed by atoms with Gasteiger partial charge in [-0.05, 0) is 56.3 Å². The van der Waals surface area contributed by atoms with Gasteiger partial charge in [0, 0.05) is 31.7 Å². The van der Waals surface area contributed by atoms with Gasteiger partial charge in [-0.3, -0.25) is 4.79 Å². The van der Waals surface area contributed by atoms with Crippen LogP contribution in [0, 0.1) is 5.82 Å². The number of hydrogen-bond acceptors (Lipinski definition) is 3. The number of anilines is 3. The van der Waals surface area contributed by atoms with Gasteiger partial charge in [0.05, 0.1) is 11.4 Å². The number of likely N-dealkylation sites (tertiary alicyclic amines) is 1. The van der Waals surface area contributed by atoms with E-state index >= 15 is 0 Å². The summed E-state index contributed by atoms with van der Waals surface area (Å²) in [5.74, 6) is -0.154. The first-order valence-electron chi connectivity index (χ1n) is 9.87. The molecule has 2 aliphatic rings. The lowest BCUT2D eigenvalue weighted by Crippen LogP contribution is -2.43. The van der Waals surface area contributed by atoms with Gasteiger partial charge in [-0.25, -0.2) is 4.39 Å². The quantitative estimate of drug-likeness (QED) is 0.811. The fourth-order valence-electron chi connectivity index (χ4n) is 4.09. The molecule has 0 bridgehead atoms. The molecule has 5 heteroatoms. The van der Waals surface area contributed by atoms with Crippen LogP contribution in [0.1, 0.15) is 25.7 Å². The van der Waals surface area contributed by atoms with Crippen LogP contribution in [0.5, 0.6) is 0 Å². The molecule has 0 aliphatic carbocycles. The number of amides is 1. The monoisotopic (exact) mass is 367 g/mol. The molecule has 27 heavy (non-hydrogen) atoms. The smallest absolute Gasteiger partial charge is 0.228 e. The fourth-order valence-corrected chi connectivity index (χ4v) is 4.09. The van der Waals surface area contributed by atoms with Gasteiger partial charge in [-0.15, -0.1) is 0 Å². The largest absolute Gasteiger partial charge is 0.338 e. The molecule has 0 unspecified atom stereocenters. The highest BCUT2D eigenvalue weighted by Crippen LogP contribution is 2.38. The molecule has 1 amide bonds. The number of fused-ring (bicyclic) bond motifs is 1. The van der Waals surface area contributed by atoms with Crippen LogP contribution in [-0.4, -0.2) is 43.5 Å². The predicted molar refractivity (Wildman–Crippen MR) is 107 cm³/mol. The summed E-state index contributed by atoms with van der Waals surface area (Å²) in [6, 6.07) is 14.7. The summed E-state index contributed by atoms with van der Waals surface area (Å²) in [4.78, 5) is 19.2. The van der Waals surface area contributed by atoms with Crippen LogP contribution in [0.15, 0.2) is 48.5 Å². The third-order valence-electron chi connectivity index (χ3n) is 5.53. The summed E-state index contributed by atoms with van der Waals surface area (Å²) in [5, 5.41) is 0. The molecule has 4 rings (SSSR count). The van der Waals surface area contributed by atoms with Crippen molar-refractivity contribution in [2.75, 3.05) is 42.5 Å². The van der Waals surface area contributed by atoms with E-state index in [1.165, 1.54) is 31.4 Å². The van der Waals surface area contributed by atoms with Gasteiger partial charge in [0.1, 0.15) is 5.82 Å². The Morgan fingerprint density at radius 3 is 2.44 bits per heavy atom. The first-order valence-corrected chi connectivity index (χ1v) is 9.87. The Labute approximate surface area is 160 Å². The van der Waals surface area contributed by atoms with Crippen LogP contribution in [0.4, 0.5) is 21.5 Å². The third-order valence-corrected chi connectivity index (χ3v) is 5.53. The first-order chi connectivity index (χ1) is 13.2. The van der Waals surface area contributed by atoms with Crippen molar-refractivity contribution in [3.63, 3.8) is 0 Å². The van der Waals surface area contributed by atoms with Gasteiger partial charge in [-0.2, -0.15) is 0 Å². The molecule has 0 spiro atoms. The molecule has 2 aromatic carbocycles. The van der Waals surface area contributed by atoms with E-state index in [4.69, 9.17) is 0 Å². The maximum absolute atomic E-state index is 14.0. The number of para-hydroxylation sites is 1. The van der Waals surface area contributed by atoms with Crippen molar-refractivity contribution in [3.05, 3.63) is 54.3 Å². The van der Waals surface area contributed by atoms with Crippen LogP contribution in [-0.2, 0) is 4.79 Å². The molecule has 1 saturated heterocycles. The Balaban J connectivity index is 1.53. The lowest BCUT2D eigenvalue weighted by Gasteiger charge is -2.38. The minimum atomic E-state index is -0.280. The second-order valence-corrected chi connectivity index (χ2v) is 7.32.